The number of rotatable bonds is 4. The van der Waals surface area contributed by atoms with Gasteiger partial charge in [-0.15, -0.1) is 0 Å². The average Bonchev–Trinajstić information content (AvgIpc) is 2.42. The van der Waals surface area contributed by atoms with E-state index in [0.29, 0.717) is 0 Å². The molecule has 106 valence electrons. The molecule has 0 atom stereocenters. The van der Waals surface area contributed by atoms with Gasteiger partial charge in [0.05, 0.1) is 11.4 Å². The fourth-order valence-electron chi connectivity index (χ4n) is 2.36. The van der Waals surface area contributed by atoms with Crippen LogP contribution >= 0.6 is 0 Å². The number of nitrogen functional groups attached to an aromatic ring is 1. The van der Waals surface area contributed by atoms with Gasteiger partial charge in [-0.3, -0.25) is 0 Å². The molecule has 0 aromatic heterocycles. The van der Waals surface area contributed by atoms with Crippen molar-refractivity contribution in [1.82, 2.24) is 0 Å². The fraction of sp³-hybridized carbons (Fsp3) is 0.333. The predicted molar refractivity (Wildman–Crippen MR) is 88.5 cm³/mol. The van der Waals surface area contributed by atoms with Gasteiger partial charge in [0.25, 0.3) is 0 Å². The second-order valence-electron chi connectivity index (χ2n) is 5.65. The monoisotopic (exact) mass is 268 g/mol. The molecule has 0 fully saturated rings. The molecule has 2 aromatic rings. The van der Waals surface area contributed by atoms with Gasteiger partial charge in [-0.25, -0.2) is 0 Å². The Morgan fingerprint density at radius 1 is 0.950 bits per heavy atom. The molecular weight excluding hydrogens is 244 g/mol. The van der Waals surface area contributed by atoms with E-state index in [4.69, 9.17) is 5.73 Å². The van der Waals surface area contributed by atoms with Gasteiger partial charge in [-0.1, -0.05) is 24.3 Å². The Hall–Kier alpha value is -1.96. The Kier molecular flexibility index (Phi) is 4.33. The van der Waals surface area contributed by atoms with Crippen molar-refractivity contribution >= 4 is 11.4 Å². The molecular formula is C18H24N2. The summed E-state index contributed by atoms with van der Waals surface area (Å²) < 4.78 is 0. The van der Waals surface area contributed by atoms with E-state index in [0.717, 1.165) is 24.3 Å². The molecule has 0 aliphatic heterocycles. The molecule has 0 unspecified atom stereocenters. The molecule has 0 amide bonds. The number of nitrogens with zero attached hydrogens (tertiary/aromatic N) is 1. The number of aryl methyl sites for hydroxylation is 3. The zero-order chi connectivity index (χ0) is 14.7. The Morgan fingerprint density at radius 2 is 1.70 bits per heavy atom. The second-order valence-corrected chi connectivity index (χ2v) is 5.65. The highest BCUT2D eigenvalue weighted by Gasteiger charge is 2.06. The smallest absolute Gasteiger partial charge is 0.0600 e. The van der Waals surface area contributed by atoms with E-state index < -0.39 is 0 Å². The zero-order valence-electron chi connectivity index (χ0n) is 12.9. The maximum atomic E-state index is 6.06. The summed E-state index contributed by atoms with van der Waals surface area (Å²) in [6.07, 6.45) is 1.03. The van der Waals surface area contributed by atoms with E-state index in [2.05, 4.69) is 63.1 Å². The Morgan fingerprint density at radius 3 is 2.40 bits per heavy atom. The van der Waals surface area contributed by atoms with Crippen molar-refractivity contribution in [2.24, 2.45) is 0 Å². The quantitative estimate of drug-likeness (QED) is 0.853. The van der Waals surface area contributed by atoms with Gasteiger partial charge in [0.15, 0.2) is 0 Å². The SMILES string of the molecule is Cc1ccc(N)c(N(C)CCc2ccc(C)c(C)c2)c1. The number of benzene rings is 2. The Balaban J connectivity index is 2.06. The van der Waals surface area contributed by atoms with Crippen molar-refractivity contribution in [3.63, 3.8) is 0 Å². The molecule has 2 rings (SSSR count). The minimum atomic E-state index is 0.846. The normalized spacial score (nSPS) is 10.6. The van der Waals surface area contributed by atoms with E-state index in [9.17, 15) is 0 Å². The van der Waals surface area contributed by atoms with Crippen LogP contribution in [-0.2, 0) is 6.42 Å². The highest BCUT2D eigenvalue weighted by molar-refractivity contribution is 5.68. The van der Waals surface area contributed by atoms with Crippen LogP contribution in [0.1, 0.15) is 22.3 Å². The van der Waals surface area contributed by atoms with Crippen LogP contribution in [0.25, 0.3) is 0 Å². The summed E-state index contributed by atoms with van der Waals surface area (Å²) >= 11 is 0. The van der Waals surface area contributed by atoms with Crippen molar-refractivity contribution in [2.75, 3.05) is 24.2 Å². The summed E-state index contributed by atoms with van der Waals surface area (Å²) in [6.45, 7) is 7.38. The van der Waals surface area contributed by atoms with Crippen molar-refractivity contribution in [2.45, 2.75) is 27.2 Å². The van der Waals surface area contributed by atoms with Gasteiger partial charge in [0.1, 0.15) is 0 Å². The van der Waals surface area contributed by atoms with Crippen molar-refractivity contribution in [3.05, 3.63) is 58.7 Å². The molecule has 20 heavy (non-hydrogen) atoms. The van der Waals surface area contributed by atoms with Gasteiger partial charge in [-0.05, 0) is 61.6 Å². The van der Waals surface area contributed by atoms with E-state index >= 15 is 0 Å². The molecule has 0 radical (unpaired) electrons. The summed E-state index contributed by atoms with van der Waals surface area (Å²) in [4.78, 5) is 2.23. The average molecular weight is 268 g/mol. The molecule has 0 bridgehead atoms. The third-order valence-electron chi connectivity index (χ3n) is 3.90. The topological polar surface area (TPSA) is 29.3 Å². The van der Waals surface area contributed by atoms with Gasteiger partial charge < -0.3 is 10.6 Å². The molecule has 0 saturated carbocycles. The zero-order valence-corrected chi connectivity index (χ0v) is 12.9. The molecule has 0 aliphatic rings. The summed E-state index contributed by atoms with van der Waals surface area (Å²) in [5.74, 6) is 0. The minimum Gasteiger partial charge on any atom is -0.397 e. The highest BCUT2D eigenvalue weighted by Crippen LogP contribution is 2.23. The molecule has 2 N–H and O–H groups in total. The van der Waals surface area contributed by atoms with E-state index in [1.54, 1.807) is 0 Å². The molecule has 2 nitrogen and oxygen atoms in total. The van der Waals surface area contributed by atoms with Crippen molar-refractivity contribution in [1.29, 1.82) is 0 Å². The van der Waals surface area contributed by atoms with E-state index in [1.165, 1.54) is 22.3 Å². The van der Waals surface area contributed by atoms with E-state index in [-0.39, 0.29) is 0 Å². The lowest BCUT2D eigenvalue weighted by molar-refractivity contribution is 0.876. The first-order valence-electron chi connectivity index (χ1n) is 7.11. The van der Waals surface area contributed by atoms with Crippen molar-refractivity contribution in [3.8, 4) is 0 Å². The summed E-state index contributed by atoms with van der Waals surface area (Å²) in [7, 11) is 2.10. The Bertz CT molecular complexity index is 602. The molecule has 0 saturated heterocycles. The lowest BCUT2D eigenvalue weighted by Gasteiger charge is -2.22. The second kappa shape index (κ2) is 6.00. The first-order valence-corrected chi connectivity index (χ1v) is 7.11. The number of anilines is 2. The predicted octanol–water partition coefficient (Wildman–Crippen LogP) is 3.87. The molecule has 0 spiro atoms. The first-order chi connectivity index (χ1) is 9.47. The summed E-state index contributed by atoms with van der Waals surface area (Å²) in [6, 6.07) is 12.9. The highest BCUT2D eigenvalue weighted by atomic mass is 15.1. The molecule has 0 heterocycles. The lowest BCUT2D eigenvalue weighted by Crippen LogP contribution is -2.21. The van der Waals surface area contributed by atoms with Gasteiger partial charge in [0, 0.05) is 13.6 Å². The standard InChI is InChI=1S/C18H24N2/c1-13-5-8-17(19)18(11-13)20(4)10-9-16-7-6-14(2)15(3)12-16/h5-8,11-12H,9-10,19H2,1-4H3. The summed E-state index contributed by atoms with van der Waals surface area (Å²) in [5.41, 5.74) is 13.4. The molecule has 0 aliphatic carbocycles. The number of likely N-dealkylation sites (N-methyl/N-ethyl adjacent to an activating group) is 1. The van der Waals surface area contributed by atoms with Crippen LogP contribution in [0.4, 0.5) is 11.4 Å². The number of nitrogens with two attached hydrogens (primary N) is 1. The van der Waals surface area contributed by atoms with Gasteiger partial charge in [0.2, 0.25) is 0 Å². The lowest BCUT2D eigenvalue weighted by atomic mass is 10.0. The maximum Gasteiger partial charge on any atom is 0.0600 e. The van der Waals surface area contributed by atoms with E-state index in [1.807, 2.05) is 6.07 Å². The number of hydrogen-bond acceptors (Lipinski definition) is 2. The summed E-state index contributed by atoms with van der Waals surface area (Å²) in [5, 5.41) is 0. The van der Waals surface area contributed by atoms with Gasteiger partial charge >= 0.3 is 0 Å². The van der Waals surface area contributed by atoms with Crippen LogP contribution in [0.2, 0.25) is 0 Å². The van der Waals surface area contributed by atoms with Crippen LogP contribution < -0.4 is 10.6 Å². The third kappa shape index (κ3) is 3.32. The van der Waals surface area contributed by atoms with Crippen LogP contribution in [0.5, 0.6) is 0 Å². The Labute approximate surface area is 122 Å². The first kappa shape index (κ1) is 14.4. The molecule has 2 aromatic carbocycles. The van der Waals surface area contributed by atoms with Crippen LogP contribution in [0, 0.1) is 20.8 Å². The van der Waals surface area contributed by atoms with Crippen molar-refractivity contribution < 1.29 is 0 Å². The minimum absolute atomic E-state index is 0.846. The molecule has 2 heteroatoms. The van der Waals surface area contributed by atoms with Gasteiger partial charge in [-0.2, -0.15) is 0 Å². The number of hydrogen-bond donors (Lipinski definition) is 1. The van der Waals surface area contributed by atoms with Crippen LogP contribution in [0.15, 0.2) is 36.4 Å². The largest absolute Gasteiger partial charge is 0.397 e. The van der Waals surface area contributed by atoms with Crippen LogP contribution in [-0.4, -0.2) is 13.6 Å². The van der Waals surface area contributed by atoms with Crippen LogP contribution in [0.3, 0.4) is 0 Å². The fourth-order valence-corrected chi connectivity index (χ4v) is 2.36. The maximum absolute atomic E-state index is 6.06. The third-order valence-corrected chi connectivity index (χ3v) is 3.90.